The summed E-state index contributed by atoms with van der Waals surface area (Å²) in [7, 11) is 0. The highest BCUT2D eigenvalue weighted by atomic mass is 127. The second-order valence-electron chi connectivity index (χ2n) is 6.93. The predicted molar refractivity (Wildman–Crippen MR) is 130 cm³/mol. The minimum atomic E-state index is -4.44. The lowest BCUT2D eigenvalue weighted by Crippen LogP contribution is -2.36. The minimum Gasteiger partial charge on any atom is -0.468 e. The summed E-state index contributed by atoms with van der Waals surface area (Å²) < 4.78 is 47.7. The van der Waals surface area contributed by atoms with Crippen LogP contribution in [0.15, 0.2) is 58.3 Å². The maximum Gasteiger partial charge on any atom is 0.422 e. The molecular weight excluding hydrogens is 550 g/mol. The van der Waals surface area contributed by atoms with Crippen LogP contribution in [-0.2, 0) is 13.1 Å². The number of aryl methyl sites for hydroxylation is 1. The standard InChI is InChI=1S/C22H24F3N5O2.HI/c1-3-26-21(28-11-17-5-4-10-27-19(17)32-14-22(23,24)25)29-12-18-13-31-20(30-18)16-8-6-15(2)7-9-16;/h4-10,13H,3,11-12,14H2,1-2H3,(H2,26,28,29);1H. The van der Waals surface area contributed by atoms with Gasteiger partial charge < -0.3 is 19.8 Å². The van der Waals surface area contributed by atoms with Gasteiger partial charge in [0.1, 0.15) is 6.26 Å². The van der Waals surface area contributed by atoms with E-state index in [0.717, 1.165) is 11.1 Å². The number of nitrogens with one attached hydrogen (secondary N) is 2. The molecule has 0 aliphatic rings. The van der Waals surface area contributed by atoms with E-state index in [1.54, 1.807) is 18.4 Å². The van der Waals surface area contributed by atoms with Crippen LogP contribution in [0.2, 0.25) is 0 Å². The van der Waals surface area contributed by atoms with Gasteiger partial charge in [0, 0.05) is 23.9 Å². The zero-order valence-electron chi connectivity index (χ0n) is 18.1. The van der Waals surface area contributed by atoms with Crippen LogP contribution in [0.3, 0.4) is 0 Å². The monoisotopic (exact) mass is 575 g/mol. The number of rotatable bonds is 8. The first-order chi connectivity index (χ1) is 15.3. The molecule has 11 heteroatoms. The lowest BCUT2D eigenvalue weighted by molar-refractivity contribution is -0.154. The molecule has 7 nitrogen and oxygen atoms in total. The highest BCUT2D eigenvalue weighted by Gasteiger charge is 2.29. The van der Waals surface area contributed by atoms with Gasteiger partial charge in [0.15, 0.2) is 12.6 Å². The molecular formula is C22H25F3IN5O2. The van der Waals surface area contributed by atoms with E-state index in [9.17, 15) is 13.2 Å². The first kappa shape index (κ1) is 26.4. The number of hydrogen-bond acceptors (Lipinski definition) is 5. The van der Waals surface area contributed by atoms with Gasteiger partial charge in [0.05, 0.1) is 18.8 Å². The molecule has 0 atom stereocenters. The number of alkyl halides is 3. The number of aliphatic imine (C=N–C) groups is 1. The van der Waals surface area contributed by atoms with Crippen LogP contribution in [0.4, 0.5) is 13.2 Å². The van der Waals surface area contributed by atoms with Gasteiger partial charge in [-0.3, -0.25) is 0 Å². The summed E-state index contributed by atoms with van der Waals surface area (Å²) in [5, 5.41) is 6.21. The van der Waals surface area contributed by atoms with Crippen molar-refractivity contribution in [3.05, 3.63) is 65.7 Å². The topological polar surface area (TPSA) is 84.6 Å². The number of nitrogens with zero attached hydrogens (tertiary/aromatic N) is 3. The Bertz CT molecular complexity index is 1040. The summed E-state index contributed by atoms with van der Waals surface area (Å²) in [6.45, 7) is 3.55. The first-order valence-corrected chi connectivity index (χ1v) is 10.0. The number of pyridine rings is 1. The fourth-order valence-corrected chi connectivity index (χ4v) is 2.72. The van der Waals surface area contributed by atoms with Gasteiger partial charge in [-0.25, -0.2) is 15.0 Å². The Labute approximate surface area is 206 Å². The SMILES string of the molecule is CCNC(=NCc1cccnc1OCC(F)(F)F)NCc1coc(-c2ccc(C)cc2)n1.I. The van der Waals surface area contributed by atoms with Gasteiger partial charge in [-0.1, -0.05) is 23.8 Å². The van der Waals surface area contributed by atoms with Crippen LogP contribution in [-0.4, -0.2) is 35.3 Å². The lowest BCUT2D eigenvalue weighted by atomic mass is 10.1. The molecule has 0 saturated carbocycles. The third-order valence-electron chi connectivity index (χ3n) is 4.26. The number of guanidine groups is 1. The predicted octanol–water partition coefficient (Wildman–Crippen LogP) is 4.86. The first-order valence-electron chi connectivity index (χ1n) is 10.0. The van der Waals surface area contributed by atoms with E-state index < -0.39 is 12.8 Å². The molecule has 0 unspecified atom stereocenters. The maximum atomic E-state index is 12.5. The van der Waals surface area contributed by atoms with Gasteiger partial charge >= 0.3 is 6.18 Å². The van der Waals surface area contributed by atoms with E-state index in [0.29, 0.717) is 36.2 Å². The molecule has 2 N–H and O–H groups in total. The van der Waals surface area contributed by atoms with Crippen LogP contribution in [0, 0.1) is 6.92 Å². The van der Waals surface area contributed by atoms with Crippen molar-refractivity contribution in [1.82, 2.24) is 20.6 Å². The summed E-state index contributed by atoms with van der Waals surface area (Å²) in [6.07, 6.45) is -1.50. The fourth-order valence-electron chi connectivity index (χ4n) is 2.72. The second-order valence-corrected chi connectivity index (χ2v) is 6.93. The van der Waals surface area contributed by atoms with Gasteiger partial charge in [0.25, 0.3) is 0 Å². The smallest absolute Gasteiger partial charge is 0.422 e. The van der Waals surface area contributed by atoms with Crippen molar-refractivity contribution in [3.63, 3.8) is 0 Å². The third kappa shape index (κ3) is 8.56. The highest BCUT2D eigenvalue weighted by molar-refractivity contribution is 14.0. The van der Waals surface area contributed by atoms with Gasteiger partial charge in [0.2, 0.25) is 11.8 Å². The molecule has 0 saturated heterocycles. The van der Waals surface area contributed by atoms with Crippen molar-refractivity contribution in [2.45, 2.75) is 33.1 Å². The third-order valence-corrected chi connectivity index (χ3v) is 4.26. The Hall–Kier alpha value is -2.83. The highest BCUT2D eigenvalue weighted by Crippen LogP contribution is 2.21. The van der Waals surface area contributed by atoms with Gasteiger partial charge in [-0.2, -0.15) is 13.2 Å². The molecule has 33 heavy (non-hydrogen) atoms. The van der Waals surface area contributed by atoms with Crippen molar-refractivity contribution in [1.29, 1.82) is 0 Å². The maximum absolute atomic E-state index is 12.5. The number of hydrogen-bond donors (Lipinski definition) is 2. The minimum absolute atomic E-state index is 0. The number of aromatic nitrogens is 2. The average molecular weight is 575 g/mol. The molecule has 3 aromatic rings. The fraction of sp³-hybridized carbons (Fsp3) is 0.318. The molecule has 0 aliphatic heterocycles. The van der Waals surface area contributed by atoms with Crippen LogP contribution in [0.25, 0.3) is 11.5 Å². The lowest BCUT2D eigenvalue weighted by Gasteiger charge is -2.12. The van der Waals surface area contributed by atoms with Crippen molar-refractivity contribution in [3.8, 4) is 17.3 Å². The van der Waals surface area contributed by atoms with E-state index in [4.69, 9.17) is 9.15 Å². The number of oxazole rings is 1. The Morgan fingerprint density at radius 1 is 1.15 bits per heavy atom. The molecule has 2 aromatic heterocycles. The molecule has 1 aromatic carbocycles. The molecule has 178 valence electrons. The van der Waals surface area contributed by atoms with E-state index in [1.165, 1.54) is 6.20 Å². The zero-order chi connectivity index (χ0) is 23.0. The Morgan fingerprint density at radius 2 is 1.91 bits per heavy atom. The van der Waals surface area contributed by atoms with E-state index in [1.807, 2.05) is 38.1 Å². The van der Waals surface area contributed by atoms with Crippen molar-refractivity contribution in [2.24, 2.45) is 4.99 Å². The van der Waals surface area contributed by atoms with Gasteiger partial charge in [-0.05, 0) is 32.0 Å². The quantitative estimate of drug-likeness (QED) is 0.227. The number of ether oxygens (including phenoxy) is 1. The van der Waals surface area contributed by atoms with Crippen LogP contribution in [0.1, 0.15) is 23.7 Å². The molecule has 2 heterocycles. The van der Waals surface area contributed by atoms with Crippen molar-refractivity contribution < 1.29 is 22.3 Å². The zero-order valence-corrected chi connectivity index (χ0v) is 20.5. The average Bonchev–Trinajstić information content (AvgIpc) is 3.24. The van der Waals surface area contributed by atoms with Crippen LogP contribution >= 0.6 is 24.0 Å². The molecule has 3 rings (SSSR count). The molecule has 0 fully saturated rings. The van der Waals surface area contributed by atoms with Crippen LogP contribution < -0.4 is 15.4 Å². The summed E-state index contributed by atoms with van der Waals surface area (Å²) in [6, 6.07) is 11.1. The summed E-state index contributed by atoms with van der Waals surface area (Å²) >= 11 is 0. The Balaban J connectivity index is 0.00000385. The van der Waals surface area contributed by atoms with E-state index >= 15 is 0 Å². The Kier molecular flexibility index (Phi) is 9.95. The summed E-state index contributed by atoms with van der Waals surface area (Å²) in [4.78, 5) is 12.8. The molecule has 0 radical (unpaired) electrons. The van der Waals surface area contributed by atoms with Crippen molar-refractivity contribution >= 4 is 29.9 Å². The van der Waals surface area contributed by atoms with E-state index in [2.05, 4.69) is 25.6 Å². The van der Waals surface area contributed by atoms with Crippen LogP contribution in [0.5, 0.6) is 5.88 Å². The summed E-state index contributed by atoms with van der Waals surface area (Å²) in [5.74, 6) is 0.896. The molecule has 0 amide bonds. The second kappa shape index (κ2) is 12.4. The van der Waals surface area contributed by atoms with Gasteiger partial charge in [-0.15, -0.1) is 24.0 Å². The molecule has 0 spiro atoms. The van der Waals surface area contributed by atoms with Crippen molar-refractivity contribution in [2.75, 3.05) is 13.2 Å². The summed E-state index contributed by atoms with van der Waals surface area (Å²) in [5.41, 5.74) is 3.15. The number of benzene rings is 1. The molecule has 0 bridgehead atoms. The molecule has 0 aliphatic carbocycles. The number of halogens is 4. The largest absolute Gasteiger partial charge is 0.468 e. The van der Waals surface area contributed by atoms with E-state index in [-0.39, 0.29) is 36.4 Å². The normalized spacial score (nSPS) is 11.6. The Morgan fingerprint density at radius 3 is 2.61 bits per heavy atom.